The number of halogens is 1. The second kappa shape index (κ2) is 5.62. The van der Waals surface area contributed by atoms with E-state index in [2.05, 4.69) is 31.1 Å². The number of nitrogens with two attached hydrogens (primary N) is 1. The van der Waals surface area contributed by atoms with Gasteiger partial charge in [0.05, 0.1) is 10.7 Å². The summed E-state index contributed by atoms with van der Waals surface area (Å²) in [5, 5.41) is 3.09. The molecule has 0 amide bonds. The highest BCUT2D eigenvalue weighted by atomic mass is 32.1. The van der Waals surface area contributed by atoms with Gasteiger partial charge in [0.25, 0.3) is 0 Å². The molecule has 0 spiro atoms. The second-order valence-electron chi connectivity index (χ2n) is 6.19. The highest BCUT2D eigenvalue weighted by Crippen LogP contribution is 2.27. The molecule has 2 nitrogen and oxygen atoms in total. The minimum absolute atomic E-state index is 0.0492. The molecule has 0 aliphatic rings. The molecule has 0 radical (unpaired) electrons. The van der Waals surface area contributed by atoms with E-state index in [0.717, 1.165) is 21.8 Å². The van der Waals surface area contributed by atoms with Crippen LogP contribution in [-0.4, -0.2) is 4.98 Å². The Kier molecular flexibility index (Phi) is 4.25. The number of hydrogen-bond acceptors (Lipinski definition) is 3. The van der Waals surface area contributed by atoms with Gasteiger partial charge in [-0.15, -0.1) is 11.3 Å². The molecule has 0 saturated heterocycles. The summed E-state index contributed by atoms with van der Waals surface area (Å²) in [6.45, 7) is 8.38. The van der Waals surface area contributed by atoms with Crippen molar-refractivity contribution in [1.82, 2.24) is 4.98 Å². The third kappa shape index (κ3) is 3.44. The molecule has 20 heavy (non-hydrogen) atoms. The largest absolute Gasteiger partial charge is 0.324 e. The minimum Gasteiger partial charge on any atom is -0.324 e. The van der Waals surface area contributed by atoms with Crippen molar-refractivity contribution < 1.29 is 4.39 Å². The summed E-state index contributed by atoms with van der Waals surface area (Å²) in [6, 6.07) is 4.54. The quantitative estimate of drug-likeness (QED) is 0.923. The molecular formula is C16H21FN2S. The monoisotopic (exact) mass is 292 g/mol. The number of aromatic nitrogens is 1. The average molecular weight is 292 g/mol. The van der Waals surface area contributed by atoms with Gasteiger partial charge in [0, 0.05) is 23.3 Å². The van der Waals surface area contributed by atoms with Crippen LogP contribution in [0.3, 0.4) is 0 Å². The molecule has 1 aromatic carbocycles. The molecule has 0 aliphatic heterocycles. The molecule has 1 aromatic heterocycles. The molecule has 4 heteroatoms. The fourth-order valence-electron chi connectivity index (χ4n) is 2.06. The van der Waals surface area contributed by atoms with Gasteiger partial charge < -0.3 is 5.73 Å². The predicted octanol–water partition coefficient (Wildman–Crippen LogP) is 4.13. The summed E-state index contributed by atoms with van der Waals surface area (Å²) < 4.78 is 13.3. The molecule has 108 valence electrons. The minimum atomic E-state index is -0.240. The first kappa shape index (κ1) is 15.1. The molecule has 1 heterocycles. The van der Waals surface area contributed by atoms with Crippen molar-refractivity contribution in [3.05, 3.63) is 51.2 Å². The summed E-state index contributed by atoms with van der Waals surface area (Å²) in [5.41, 5.74) is 9.23. The summed E-state index contributed by atoms with van der Waals surface area (Å²) in [5.74, 6) is -0.240. The average Bonchev–Trinajstić information content (AvgIpc) is 2.80. The van der Waals surface area contributed by atoms with E-state index in [0.29, 0.717) is 6.42 Å². The van der Waals surface area contributed by atoms with Crippen molar-refractivity contribution in [3.63, 3.8) is 0 Å². The van der Waals surface area contributed by atoms with Gasteiger partial charge in [-0.1, -0.05) is 26.8 Å². The topological polar surface area (TPSA) is 38.9 Å². The number of benzene rings is 1. The SMILES string of the molecule is Cc1ccc(F)cc1C(N)Cc1nc(C(C)(C)C)cs1. The third-order valence-electron chi connectivity index (χ3n) is 3.36. The Hall–Kier alpha value is -1.26. The molecule has 2 N–H and O–H groups in total. The number of hydrogen-bond donors (Lipinski definition) is 1. The highest BCUT2D eigenvalue weighted by Gasteiger charge is 2.19. The highest BCUT2D eigenvalue weighted by molar-refractivity contribution is 7.09. The summed E-state index contributed by atoms with van der Waals surface area (Å²) >= 11 is 1.62. The maximum Gasteiger partial charge on any atom is 0.123 e. The van der Waals surface area contributed by atoms with Crippen LogP contribution in [0.15, 0.2) is 23.6 Å². The Morgan fingerprint density at radius 1 is 1.35 bits per heavy atom. The van der Waals surface area contributed by atoms with Crippen molar-refractivity contribution in [2.75, 3.05) is 0 Å². The molecule has 0 fully saturated rings. The smallest absolute Gasteiger partial charge is 0.123 e. The van der Waals surface area contributed by atoms with Crippen LogP contribution in [-0.2, 0) is 11.8 Å². The first-order valence-electron chi connectivity index (χ1n) is 6.74. The van der Waals surface area contributed by atoms with Gasteiger partial charge in [-0.2, -0.15) is 0 Å². The second-order valence-corrected chi connectivity index (χ2v) is 7.13. The molecule has 0 saturated carbocycles. The number of nitrogens with zero attached hydrogens (tertiary/aromatic N) is 1. The van der Waals surface area contributed by atoms with Gasteiger partial charge >= 0.3 is 0 Å². The summed E-state index contributed by atoms with van der Waals surface area (Å²) in [6.07, 6.45) is 0.644. The van der Waals surface area contributed by atoms with Crippen LogP contribution in [0, 0.1) is 12.7 Å². The lowest BCUT2D eigenvalue weighted by Gasteiger charge is -2.15. The maximum atomic E-state index is 13.3. The van der Waals surface area contributed by atoms with Gasteiger partial charge in [0.1, 0.15) is 5.82 Å². The van der Waals surface area contributed by atoms with Crippen LogP contribution < -0.4 is 5.73 Å². The van der Waals surface area contributed by atoms with E-state index >= 15 is 0 Å². The van der Waals surface area contributed by atoms with Crippen molar-refractivity contribution in [1.29, 1.82) is 0 Å². The van der Waals surface area contributed by atoms with E-state index in [1.807, 2.05) is 6.92 Å². The summed E-state index contributed by atoms with van der Waals surface area (Å²) in [7, 11) is 0. The van der Waals surface area contributed by atoms with Crippen LogP contribution >= 0.6 is 11.3 Å². The van der Waals surface area contributed by atoms with Gasteiger partial charge in [-0.25, -0.2) is 9.37 Å². The Morgan fingerprint density at radius 3 is 2.65 bits per heavy atom. The predicted molar refractivity (Wildman–Crippen MR) is 82.6 cm³/mol. The first-order valence-corrected chi connectivity index (χ1v) is 7.62. The normalized spacial score (nSPS) is 13.5. The molecule has 2 aromatic rings. The molecule has 1 unspecified atom stereocenters. The van der Waals surface area contributed by atoms with Crippen LogP contribution in [0.2, 0.25) is 0 Å². The Bertz CT molecular complexity index is 599. The number of rotatable bonds is 3. The van der Waals surface area contributed by atoms with E-state index in [1.54, 1.807) is 17.4 Å². The lowest BCUT2D eigenvalue weighted by atomic mass is 9.93. The zero-order valence-electron chi connectivity index (χ0n) is 12.4. The molecule has 2 rings (SSSR count). The van der Waals surface area contributed by atoms with E-state index in [-0.39, 0.29) is 17.3 Å². The van der Waals surface area contributed by atoms with Crippen LogP contribution in [0.1, 0.15) is 48.6 Å². The van der Waals surface area contributed by atoms with E-state index in [4.69, 9.17) is 5.73 Å². The van der Waals surface area contributed by atoms with Crippen LogP contribution in [0.5, 0.6) is 0 Å². The Morgan fingerprint density at radius 2 is 2.05 bits per heavy atom. The van der Waals surface area contributed by atoms with Crippen molar-refractivity contribution >= 4 is 11.3 Å². The fourth-order valence-corrected chi connectivity index (χ4v) is 3.14. The van der Waals surface area contributed by atoms with Gasteiger partial charge in [0.15, 0.2) is 0 Å². The Labute approximate surface area is 123 Å². The summed E-state index contributed by atoms with van der Waals surface area (Å²) in [4.78, 5) is 4.64. The van der Waals surface area contributed by atoms with Crippen molar-refractivity contribution in [3.8, 4) is 0 Å². The van der Waals surface area contributed by atoms with Gasteiger partial charge in [-0.3, -0.25) is 0 Å². The molecule has 0 aliphatic carbocycles. The first-order chi connectivity index (χ1) is 9.27. The number of aryl methyl sites for hydroxylation is 1. The van der Waals surface area contributed by atoms with Gasteiger partial charge in [0.2, 0.25) is 0 Å². The van der Waals surface area contributed by atoms with Crippen LogP contribution in [0.25, 0.3) is 0 Å². The standard InChI is InChI=1S/C16H21FN2S/c1-10-5-6-11(17)7-12(10)13(18)8-15-19-14(9-20-15)16(2,3)4/h5-7,9,13H,8,18H2,1-4H3. The van der Waals surface area contributed by atoms with Crippen molar-refractivity contribution in [2.24, 2.45) is 5.73 Å². The fraction of sp³-hybridized carbons (Fsp3) is 0.438. The molecule has 1 atom stereocenters. The third-order valence-corrected chi connectivity index (χ3v) is 4.23. The molecule has 0 bridgehead atoms. The lowest BCUT2D eigenvalue weighted by molar-refractivity contribution is 0.568. The lowest BCUT2D eigenvalue weighted by Crippen LogP contribution is -2.16. The number of thiazole rings is 1. The van der Waals surface area contributed by atoms with Gasteiger partial charge in [-0.05, 0) is 30.2 Å². The van der Waals surface area contributed by atoms with E-state index in [9.17, 15) is 4.39 Å². The zero-order chi connectivity index (χ0) is 14.9. The molecular weight excluding hydrogens is 271 g/mol. The van der Waals surface area contributed by atoms with E-state index in [1.165, 1.54) is 12.1 Å². The van der Waals surface area contributed by atoms with Crippen LogP contribution in [0.4, 0.5) is 4.39 Å². The maximum absolute atomic E-state index is 13.3. The van der Waals surface area contributed by atoms with Crippen molar-refractivity contribution in [2.45, 2.75) is 45.6 Å². The Balaban J connectivity index is 2.17. The zero-order valence-corrected chi connectivity index (χ0v) is 13.2. The van der Waals surface area contributed by atoms with E-state index < -0.39 is 0 Å².